The Bertz CT molecular complexity index is 825. The fraction of sp³-hybridized carbons (Fsp3) is 0.444. The van der Waals surface area contributed by atoms with Gasteiger partial charge in [0, 0.05) is 42.3 Å². The van der Waals surface area contributed by atoms with Crippen LogP contribution >= 0.6 is 11.6 Å². The lowest BCUT2D eigenvalue weighted by atomic mass is 9.84. The summed E-state index contributed by atoms with van der Waals surface area (Å²) in [4.78, 5) is 0. The Labute approximate surface area is 216 Å². The van der Waals surface area contributed by atoms with Crippen molar-refractivity contribution >= 4 is 22.8 Å². The predicted molar refractivity (Wildman–Crippen MR) is 153 cm³/mol. The van der Waals surface area contributed by atoms with Crippen molar-refractivity contribution in [3.8, 4) is 11.3 Å². The molecule has 1 aliphatic rings. The zero-order valence-electron chi connectivity index (χ0n) is 20.8. The Morgan fingerprint density at radius 1 is 1.15 bits per heavy atom. The molecule has 5 nitrogen and oxygen atoms in total. The maximum Gasteiger partial charge on any atom is 0.169 e. The lowest BCUT2D eigenvalue weighted by molar-refractivity contribution is 0.370. The first-order valence-corrected chi connectivity index (χ1v) is 12.8. The Balaban J connectivity index is 0. The summed E-state index contributed by atoms with van der Waals surface area (Å²) in [5.74, 6) is 0.490. The number of aromatic nitrogens is 2. The van der Waals surface area contributed by atoms with Gasteiger partial charge < -0.3 is 0 Å². The summed E-state index contributed by atoms with van der Waals surface area (Å²) in [7, 11) is 3.63. The normalized spacial score (nSPS) is 17.6. The van der Waals surface area contributed by atoms with Crippen molar-refractivity contribution in [2.24, 2.45) is 0 Å². The molecule has 0 radical (unpaired) electrons. The third-order valence-corrected chi connectivity index (χ3v) is 6.28. The molecule has 2 N–H and O–H groups in total. The summed E-state index contributed by atoms with van der Waals surface area (Å²) in [5, 5.41) is 8.37. The number of nitrogens with one attached hydrogen (secondary N) is 2. The summed E-state index contributed by atoms with van der Waals surface area (Å²) in [6.45, 7) is 15.4. The van der Waals surface area contributed by atoms with Crippen LogP contribution in [0.25, 0.3) is 11.3 Å². The van der Waals surface area contributed by atoms with E-state index in [0.29, 0.717) is 12.0 Å². The van der Waals surface area contributed by atoms with Gasteiger partial charge in [0.15, 0.2) is 11.2 Å². The van der Waals surface area contributed by atoms with Gasteiger partial charge >= 0.3 is 0 Å². The smallest absolute Gasteiger partial charge is 0.169 e. The molecular formula is C27H45ClN4OS. The highest BCUT2D eigenvalue weighted by Crippen LogP contribution is 2.33. The molecule has 1 saturated carbocycles. The molecule has 0 bridgehead atoms. The average molecular weight is 509 g/mol. The lowest BCUT2D eigenvalue weighted by Gasteiger charge is -2.28. The summed E-state index contributed by atoms with van der Waals surface area (Å²) < 4.78 is 16.7. The molecule has 192 valence electrons. The molecule has 2 aromatic rings. The van der Waals surface area contributed by atoms with Crippen LogP contribution in [-0.4, -0.2) is 38.8 Å². The van der Waals surface area contributed by atoms with Gasteiger partial charge in [-0.2, -0.15) is 5.10 Å². The van der Waals surface area contributed by atoms with Crippen LogP contribution < -0.4 is 4.72 Å². The molecule has 3 rings (SSSR count). The van der Waals surface area contributed by atoms with E-state index in [1.165, 1.54) is 5.69 Å². The van der Waals surface area contributed by atoms with Crippen molar-refractivity contribution < 1.29 is 4.21 Å². The van der Waals surface area contributed by atoms with E-state index in [1.807, 2.05) is 71.3 Å². The summed E-state index contributed by atoms with van der Waals surface area (Å²) >= 11 is 4.84. The number of H-pyrrole nitrogens is 1. The van der Waals surface area contributed by atoms with Crippen molar-refractivity contribution in [2.45, 2.75) is 65.8 Å². The van der Waals surface area contributed by atoms with Crippen molar-refractivity contribution in [3.63, 3.8) is 0 Å². The molecule has 0 aliphatic heterocycles. The maximum absolute atomic E-state index is 11.8. The van der Waals surface area contributed by atoms with Gasteiger partial charge in [0.05, 0.1) is 5.69 Å². The van der Waals surface area contributed by atoms with E-state index in [0.717, 1.165) is 42.0 Å². The third-order valence-electron chi connectivity index (χ3n) is 4.83. The Morgan fingerprint density at radius 2 is 1.71 bits per heavy atom. The topological polar surface area (TPSA) is 61.0 Å². The summed E-state index contributed by atoms with van der Waals surface area (Å²) in [6, 6.07) is 10.2. The molecule has 1 fully saturated rings. The van der Waals surface area contributed by atoms with Gasteiger partial charge in [-0.3, -0.25) is 5.10 Å². The molecule has 0 saturated heterocycles. The molecular weight excluding hydrogens is 464 g/mol. The van der Waals surface area contributed by atoms with E-state index in [2.05, 4.69) is 40.7 Å². The molecule has 1 aromatic heterocycles. The highest BCUT2D eigenvalue weighted by atomic mass is 35.5. The molecule has 1 heterocycles. The number of allylic oxidation sites excluding steroid dienone is 3. The first kappa shape index (κ1) is 34.2. The molecule has 0 spiro atoms. The Hall–Kier alpha value is -1.99. The molecule has 1 unspecified atom stereocenters. The number of aromatic amines is 1. The number of hydrogen-bond donors (Lipinski definition) is 2. The monoisotopic (exact) mass is 508 g/mol. The van der Waals surface area contributed by atoms with Crippen LogP contribution in [0.1, 0.15) is 65.5 Å². The van der Waals surface area contributed by atoms with Crippen molar-refractivity contribution in [1.29, 1.82) is 0 Å². The fourth-order valence-electron chi connectivity index (χ4n) is 3.22. The van der Waals surface area contributed by atoms with Crippen LogP contribution in [0.15, 0.2) is 68.3 Å². The van der Waals surface area contributed by atoms with E-state index in [1.54, 1.807) is 10.4 Å². The summed E-state index contributed by atoms with van der Waals surface area (Å²) in [5.41, 5.74) is 3.21. The van der Waals surface area contributed by atoms with Gasteiger partial charge in [-0.25, -0.2) is 13.2 Å². The van der Waals surface area contributed by atoms with Crippen LogP contribution in [0.3, 0.4) is 0 Å². The van der Waals surface area contributed by atoms with Crippen molar-refractivity contribution in [1.82, 2.24) is 19.2 Å². The lowest BCUT2D eigenvalue weighted by Crippen LogP contribution is -2.39. The summed E-state index contributed by atoms with van der Waals surface area (Å²) in [6.07, 6.45) is 9.78. The second-order valence-electron chi connectivity index (χ2n) is 7.20. The van der Waals surface area contributed by atoms with E-state index in [4.69, 9.17) is 11.6 Å². The van der Waals surface area contributed by atoms with Crippen LogP contribution in [-0.2, 0) is 11.2 Å². The second kappa shape index (κ2) is 20.4. The minimum atomic E-state index is -1.10. The molecule has 34 heavy (non-hydrogen) atoms. The quantitative estimate of drug-likeness (QED) is 0.310. The van der Waals surface area contributed by atoms with Gasteiger partial charge in [0.1, 0.15) is 0 Å². The number of rotatable bonds is 6. The van der Waals surface area contributed by atoms with Crippen LogP contribution in [0.2, 0.25) is 5.02 Å². The fourth-order valence-corrected chi connectivity index (χ4v) is 4.08. The Kier molecular flexibility index (Phi) is 20.5. The minimum Gasteiger partial charge on any atom is -0.282 e. The highest BCUT2D eigenvalue weighted by Gasteiger charge is 2.25. The standard InChI is InChI=1S/C17H23ClN4OS.C5H8.C2H6.C2H4.CH4/c1-22(2)24(23)21-15-9-5-13(6-10-15)17-11-16(19-20-17)12-3-7-14(18)8-4-12;1-3-5-4-2;2*1-2;/h3-4,7-8,11,13,15,21H,5-6,9-10H2,1-2H3,(H,19,20);3-5H,1H2,2H3;1-2H3;1-2H2;1H4/b;5-4-;;;. The van der Waals surface area contributed by atoms with E-state index < -0.39 is 11.2 Å². The number of halogens is 1. The SMILES string of the molecule is C.C=C.C=C/C=C\C.CC.CN(C)S(=O)NC1CCC(c2cc(-c3ccc(Cl)cc3)n[nH]2)CC1. The van der Waals surface area contributed by atoms with Gasteiger partial charge in [-0.1, -0.05) is 69.8 Å². The van der Waals surface area contributed by atoms with Gasteiger partial charge in [0.25, 0.3) is 0 Å². The molecule has 1 atom stereocenters. The zero-order chi connectivity index (χ0) is 25.2. The zero-order valence-corrected chi connectivity index (χ0v) is 22.4. The van der Waals surface area contributed by atoms with Crippen molar-refractivity contribution in [2.75, 3.05) is 14.1 Å². The first-order valence-electron chi connectivity index (χ1n) is 11.3. The van der Waals surface area contributed by atoms with E-state index >= 15 is 0 Å². The highest BCUT2D eigenvalue weighted by molar-refractivity contribution is 7.80. The molecule has 0 amide bonds. The minimum absolute atomic E-state index is 0. The van der Waals surface area contributed by atoms with Gasteiger partial charge in [-0.15, -0.1) is 13.2 Å². The van der Waals surface area contributed by atoms with Gasteiger partial charge in [-0.05, 0) is 50.8 Å². The largest absolute Gasteiger partial charge is 0.282 e. The van der Waals surface area contributed by atoms with Crippen LogP contribution in [0.5, 0.6) is 0 Å². The first-order chi connectivity index (χ1) is 15.9. The molecule has 1 aromatic carbocycles. The molecule has 1 aliphatic carbocycles. The van der Waals surface area contributed by atoms with Crippen LogP contribution in [0.4, 0.5) is 0 Å². The Morgan fingerprint density at radius 3 is 2.15 bits per heavy atom. The van der Waals surface area contributed by atoms with Crippen molar-refractivity contribution in [3.05, 3.63) is 79.0 Å². The van der Waals surface area contributed by atoms with Gasteiger partial charge in [0.2, 0.25) is 0 Å². The second-order valence-corrected chi connectivity index (χ2v) is 9.11. The number of benzene rings is 1. The van der Waals surface area contributed by atoms with E-state index in [-0.39, 0.29) is 7.43 Å². The average Bonchev–Trinajstić information content (AvgIpc) is 3.34. The number of hydrogen-bond acceptors (Lipinski definition) is 2. The third kappa shape index (κ3) is 12.5. The number of nitrogens with zero attached hydrogens (tertiary/aromatic N) is 2. The molecule has 7 heteroatoms. The van der Waals surface area contributed by atoms with Crippen LogP contribution in [0, 0.1) is 0 Å². The predicted octanol–water partition coefficient (Wildman–Crippen LogP) is 7.70. The maximum atomic E-state index is 11.8. The van der Waals surface area contributed by atoms with E-state index in [9.17, 15) is 4.21 Å².